The number of amides is 2. The molecule has 0 saturated heterocycles. The molecule has 33 heavy (non-hydrogen) atoms. The number of nitrogens with zero attached hydrogens (tertiary/aromatic N) is 2. The molecule has 0 spiro atoms. The lowest BCUT2D eigenvalue weighted by molar-refractivity contribution is -0.139. The van der Waals surface area contributed by atoms with Crippen LogP contribution in [0.3, 0.4) is 0 Å². The second kappa shape index (κ2) is 11.9. The van der Waals surface area contributed by atoms with Crippen LogP contribution in [0.15, 0.2) is 53.0 Å². The van der Waals surface area contributed by atoms with E-state index >= 15 is 0 Å². The van der Waals surface area contributed by atoms with Gasteiger partial charge in [0.1, 0.15) is 12.6 Å². The van der Waals surface area contributed by atoms with Crippen molar-refractivity contribution < 1.29 is 18.0 Å². The number of sulfonamides is 1. The van der Waals surface area contributed by atoms with Gasteiger partial charge in [-0.1, -0.05) is 46.6 Å². The number of nitrogens with one attached hydrogen (secondary N) is 1. The maximum atomic E-state index is 13.4. The minimum absolute atomic E-state index is 0.0530. The van der Waals surface area contributed by atoms with Gasteiger partial charge in [-0.15, -0.1) is 0 Å². The van der Waals surface area contributed by atoms with E-state index < -0.39 is 28.5 Å². The van der Waals surface area contributed by atoms with Crippen molar-refractivity contribution in [3.05, 3.63) is 63.6 Å². The van der Waals surface area contributed by atoms with E-state index in [2.05, 4.69) is 21.2 Å². The summed E-state index contributed by atoms with van der Waals surface area (Å²) in [7, 11) is -3.75. The third kappa shape index (κ3) is 8.01. The molecule has 10 heteroatoms. The molecule has 1 N–H and O–H groups in total. The first-order valence-corrected chi connectivity index (χ1v) is 13.5. The van der Waals surface area contributed by atoms with Gasteiger partial charge in [0.25, 0.3) is 0 Å². The van der Waals surface area contributed by atoms with Crippen molar-refractivity contribution in [1.29, 1.82) is 0 Å². The van der Waals surface area contributed by atoms with Gasteiger partial charge >= 0.3 is 0 Å². The highest BCUT2D eigenvalue weighted by molar-refractivity contribution is 9.10. The van der Waals surface area contributed by atoms with Crippen molar-refractivity contribution in [3.63, 3.8) is 0 Å². The summed E-state index contributed by atoms with van der Waals surface area (Å²) in [6.45, 7) is 5.16. The van der Waals surface area contributed by atoms with Crippen molar-refractivity contribution >= 4 is 55.1 Å². The number of halogens is 2. The number of hydrogen-bond donors (Lipinski definition) is 1. The van der Waals surface area contributed by atoms with Crippen LogP contribution in [0, 0.1) is 0 Å². The second-order valence-electron chi connectivity index (χ2n) is 7.89. The third-order valence-corrected chi connectivity index (χ3v) is 7.15. The van der Waals surface area contributed by atoms with Gasteiger partial charge in [-0.3, -0.25) is 13.9 Å². The standard InChI is InChI=1S/C23H29BrClN3O4S/c1-5-16(2)26-23(30)17(3)27(14-18-6-10-20(25)11-7-18)22(29)15-28(33(4,31)32)21-12-8-19(24)9-13-21/h6-13,16-17H,5,14-15H2,1-4H3,(H,26,30)/t16-,17+/m1/s1. The van der Waals surface area contributed by atoms with Crippen molar-refractivity contribution in [2.24, 2.45) is 0 Å². The van der Waals surface area contributed by atoms with Gasteiger partial charge in [-0.25, -0.2) is 8.42 Å². The smallest absolute Gasteiger partial charge is 0.244 e. The Labute approximate surface area is 209 Å². The van der Waals surface area contributed by atoms with E-state index in [1.54, 1.807) is 55.5 Å². The Morgan fingerprint density at radius 1 is 1.06 bits per heavy atom. The Kier molecular flexibility index (Phi) is 9.75. The van der Waals surface area contributed by atoms with E-state index in [1.807, 2.05) is 13.8 Å². The molecular formula is C23H29BrClN3O4S. The fraction of sp³-hybridized carbons (Fsp3) is 0.391. The van der Waals surface area contributed by atoms with E-state index in [-0.39, 0.29) is 18.5 Å². The summed E-state index contributed by atoms with van der Waals surface area (Å²) in [6.07, 6.45) is 1.79. The minimum atomic E-state index is -3.75. The maximum absolute atomic E-state index is 13.4. The van der Waals surface area contributed by atoms with Gasteiger partial charge in [0.2, 0.25) is 21.8 Å². The molecule has 0 radical (unpaired) electrons. The zero-order valence-corrected chi connectivity index (χ0v) is 22.2. The van der Waals surface area contributed by atoms with Crippen LogP contribution >= 0.6 is 27.5 Å². The van der Waals surface area contributed by atoms with Gasteiger partial charge in [-0.2, -0.15) is 0 Å². The summed E-state index contributed by atoms with van der Waals surface area (Å²) in [5, 5.41) is 3.44. The number of hydrogen-bond acceptors (Lipinski definition) is 4. The summed E-state index contributed by atoms with van der Waals surface area (Å²) < 4.78 is 26.8. The molecule has 2 amide bonds. The Hall–Kier alpha value is -2.10. The van der Waals surface area contributed by atoms with Gasteiger partial charge in [0.05, 0.1) is 11.9 Å². The fourth-order valence-electron chi connectivity index (χ4n) is 3.06. The second-order valence-corrected chi connectivity index (χ2v) is 11.1. The summed E-state index contributed by atoms with van der Waals surface area (Å²) in [4.78, 5) is 27.6. The topological polar surface area (TPSA) is 86.8 Å². The average Bonchev–Trinajstić information content (AvgIpc) is 2.76. The molecule has 2 atom stereocenters. The predicted octanol–water partition coefficient (Wildman–Crippen LogP) is 4.20. The SMILES string of the molecule is CC[C@@H](C)NC(=O)[C@H](C)N(Cc1ccc(Cl)cc1)C(=O)CN(c1ccc(Br)cc1)S(C)(=O)=O. The summed E-state index contributed by atoms with van der Waals surface area (Å²) >= 11 is 9.30. The maximum Gasteiger partial charge on any atom is 0.244 e. The van der Waals surface area contributed by atoms with Crippen LogP contribution < -0.4 is 9.62 Å². The Morgan fingerprint density at radius 2 is 1.64 bits per heavy atom. The number of anilines is 1. The monoisotopic (exact) mass is 557 g/mol. The van der Waals surface area contributed by atoms with Crippen molar-refractivity contribution in [2.75, 3.05) is 17.1 Å². The van der Waals surface area contributed by atoms with Crippen LogP contribution in [-0.4, -0.2) is 50.0 Å². The first-order valence-electron chi connectivity index (χ1n) is 10.5. The van der Waals surface area contributed by atoms with Crippen molar-refractivity contribution in [1.82, 2.24) is 10.2 Å². The molecule has 0 unspecified atom stereocenters. The molecule has 0 bridgehead atoms. The lowest BCUT2D eigenvalue weighted by Gasteiger charge is -2.32. The van der Waals surface area contributed by atoms with E-state index in [4.69, 9.17) is 11.6 Å². The third-order valence-electron chi connectivity index (χ3n) is 5.23. The largest absolute Gasteiger partial charge is 0.352 e. The predicted molar refractivity (Wildman–Crippen MR) is 136 cm³/mol. The molecule has 0 heterocycles. The number of carbonyl (C=O) groups is 2. The van der Waals surface area contributed by atoms with Gasteiger partial charge in [0.15, 0.2) is 0 Å². The first kappa shape index (κ1) is 27.1. The molecule has 7 nitrogen and oxygen atoms in total. The Bertz CT molecular complexity index is 1060. The van der Waals surface area contributed by atoms with Crippen LogP contribution in [0.25, 0.3) is 0 Å². The lowest BCUT2D eigenvalue weighted by atomic mass is 10.1. The molecule has 0 saturated carbocycles. The van der Waals surface area contributed by atoms with Gasteiger partial charge in [0, 0.05) is 22.1 Å². The molecule has 0 fully saturated rings. The summed E-state index contributed by atoms with van der Waals surface area (Å²) in [5.41, 5.74) is 1.13. The quantitative estimate of drug-likeness (QED) is 0.474. The zero-order chi connectivity index (χ0) is 24.8. The van der Waals surface area contributed by atoms with E-state index in [1.165, 1.54) is 4.90 Å². The van der Waals surface area contributed by atoms with Crippen molar-refractivity contribution in [3.8, 4) is 0 Å². The zero-order valence-electron chi connectivity index (χ0n) is 19.1. The van der Waals surface area contributed by atoms with Gasteiger partial charge < -0.3 is 10.2 Å². The number of benzene rings is 2. The van der Waals surface area contributed by atoms with Crippen LogP contribution in [0.2, 0.25) is 5.02 Å². The fourth-order valence-corrected chi connectivity index (χ4v) is 4.30. The lowest BCUT2D eigenvalue weighted by Crippen LogP contribution is -2.52. The highest BCUT2D eigenvalue weighted by Gasteiger charge is 2.30. The Morgan fingerprint density at radius 3 is 2.15 bits per heavy atom. The molecule has 2 aromatic rings. The Balaban J connectivity index is 2.36. The molecule has 0 aliphatic rings. The van der Waals surface area contributed by atoms with E-state index in [9.17, 15) is 18.0 Å². The molecule has 0 aliphatic heterocycles. The first-order chi connectivity index (χ1) is 15.4. The average molecular weight is 559 g/mol. The molecule has 2 aromatic carbocycles. The summed E-state index contributed by atoms with van der Waals surface area (Å²) in [6, 6.07) is 12.7. The molecule has 180 valence electrons. The number of carbonyl (C=O) groups excluding carboxylic acids is 2. The summed E-state index contributed by atoms with van der Waals surface area (Å²) in [5.74, 6) is -0.800. The van der Waals surface area contributed by atoms with E-state index in [0.717, 1.165) is 27.0 Å². The molecule has 0 aliphatic carbocycles. The van der Waals surface area contributed by atoms with Crippen molar-refractivity contribution in [2.45, 2.75) is 45.8 Å². The number of rotatable bonds is 10. The van der Waals surface area contributed by atoms with Crippen LogP contribution in [0.1, 0.15) is 32.8 Å². The molecule has 2 rings (SSSR count). The van der Waals surface area contributed by atoms with E-state index in [0.29, 0.717) is 10.7 Å². The highest BCUT2D eigenvalue weighted by Crippen LogP contribution is 2.22. The molecule has 0 aromatic heterocycles. The van der Waals surface area contributed by atoms with Crippen LogP contribution in [-0.2, 0) is 26.2 Å². The van der Waals surface area contributed by atoms with Crippen LogP contribution in [0.5, 0.6) is 0 Å². The minimum Gasteiger partial charge on any atom is -0.352 e. The normalized spacial score (nSPS) is 13.2. The molecular weight excluding hydrogens is 530 g/mol. The van der Waals surface area contributed by atoms with Gasteiger partial charge in [-0.05, 0) is 62.2 Å². The highest BCUT2D eigenvalue weighted by atomic mass is 79.9. The van der Waals surface area contributed by atoms with Crippen LogP contribution in [0.4, 0.5) is 5.69 Å².